The molecule has 0 bridgehead atoms. The molecule has 1 aromatic rings. The molecule has 1 heterocycles. The molecule has 0 aliphatic rings. The second kappa shape index (κ2) is 3.10. The summed E-state index contributed by atoms with van der Waals surface area (Å²) in [6, 6.07) is 0. The van der Waals surface area contributed by atoms with E-state index in [1.165, 1.54) is 0 Å². The summed E-state index contributed by atoms with van der Waals surface area (Å²) in [7, 11) is -5.76. The summed E-state index contributed by atoms with van der Waals surface area (Å²) in [5.41, 5.74) is 0. The summed E-state index contributed by atoms with van der Waals surface area (Å²) in [5, 5.41) is -4.87. The van der Waals surface area contributed by atoms with Crippen LogP contribution in [0.2, 0.25) is 0 Å². The second-order valence-electron chi connectivity index (χ2n) is 2.27. The summed E-state index contributed by atoms with van der Waals surface area (Å²) < 4.78 is 53.9. The van der Waals surface area contributed by atoms with Gasteiger partial charge in [0.2, 0.25) is 0 Å². The lowest BCUT2D eigenvalue weighted by Crippen LogP contribution is -2.40. The molecule has 0 amide bonds. The molecule has 14 heavy (non-hydrogen) atoms. The first kappa shape index (κ1) is 10.7. The first-order valence-electron chi connectivity index (χ1n) is 3.14. The third-order valence-corrected chi connectivity index (χ3v) is 2.13. The second-order valence-corrected chi connectivity index (χ2v) is 3.73. The van der Waals surface area contributed by atoms with Crippen molar-refractivity contribution in [1.29, 1.82) is 0 Å². The van der Waals surface area contributed by atoms with E-state index >= 15 is 0 Å². The minimum Gasteiger partial charge on any atom is -0.281 e. The lowest BCUT2D eigenvalue weighted by Gasteiger charge is -2.10. The Kier molecular flexibility index (Phi) is 2.37. The first-order valence-corrected chi connectivity index (χ1v) is 4.58. The molecule has 0 saturated carbocycles. The van der Waals surface area contributed by atoms with Crippen LogP contribution in [-0.4, -0.2) is 33.7 Å². The molecule has 1 N–H and O–H groups in total. The van der Waals surface area contributed by atoms with E-state index in [2.05, 4.69) is 4.98 Å². The van der Waals surface area contributed by atoms with E-state index in [-0.39, 0.29) is 4.57 Å². The number of alkyl halides is 2. The van der Waals surface area contributed by atoms with E-state index in [4.69, 9.17) is 4.55 Å². The zero-order chi connectivity index (χ0) is 11.0. The SMILES string of the molecule is O=C(n1ccnc1)C(F)(F)S(=O)(=O)O. The van der Waals surface area contributed by atoms with Crippen LogP contribution in [-0.2, 0) is 10.1 Å². The molecule has 0 aliphatic carbocycles. The van der Waals surface area contributed by atoms with Gasteiger partial charge in [0, 0.05) is 12.4 Å². The molecule has 1 rings (SSSR count). The van der Waals surface area contributed by atoms with Crippen molar-refractivity contribution < 1.29 is 26.5 Å². The number of carbonyl (C=O) groups excluding carboxylic acids is 1. The van der Waals surface area contributed by atoms with Gasteiger partial charge in [-0.15, -0.1) is 0 Å². The Balaban J connectivity index is 3.14. The fourth-order valence-electron chi connectivity index (χ4n) is 0.640. The molecule has 78 valence electrons. The van der Waals surface area contributed by atoms with E-state index in [0.717, 1.165) is 12.4 Å². The third-order valence-electron chi connectivity index (χ3n) is 1.31. The van der Waals surface area contributed by atoms with Gasteiger partial charge in [0.1, 0.15) is 6.33 Å². The average molecular weight is 226 g/mol. The van der Waals surface area contributed by atoms with Crippen molar-refractivity contribution in [3.05, 3.63) is 18.7 Å². The van der Waals surface area contributed by atoms with Gasteiger partial charge in [-0.2, -0.15) is 17.2 Å². The van der Waals surface area contributed by atoms with Gasteiger partial charge in [0.15, 0.2) is 0 Å². The van der Waals surface area contributed by atoms with E-state index < -0.39 is 21.3 Å². The van der Waals surface area contributed by atoms with Gasteiger partial charge in [-0.25, -0.2) is 4.98 Å². The average Bonchev–Trinajstić information content (AvgIpc) is 2.52. The number of imidazole rings is 1. The van der Waals surface area contributed by atoms with Crippen molar-refractivity contribution in [3.63, 3.8) is 0 Å². The summed E-state index contributed by atoms with van der Waals surface area (Å²) in [4.78, 5) is 14.1. The number of rotatable bonds is 2. The molecular weight excluding hydrogens is 222 g/mol. The topological polar surface area (TPSA) is 89.3 Å². The smallest absolute Gasteiger partial charge is 0.281 e. The lowest BCUT2D eigenvalue weighted by atomic mass is 10.6. The van der Waals surface area contributed by atoms with Crippen LogP contribution >= 0.6 is 0 Å². The van der Waals surface area contributed by atoms with Crippen LogP contribution in [0.3, 0.4) is 0 Å². The van der Waals surface area contributed by atoms with Crippen molar-refractivity contribution in [3.8, 4) is 0 Å². The number of aromatic nitrogens is 2. The number of hydrogen-bond acceptors (Lipinski definition) is 4. The highest BCUT2D eigenvalue weighted by molar-refractivity contribution is 7.87. The van der Waals surface area contributed by atoms with Crippen molar-refractivity contribution in [2.75, 3.05) is 0 Å². The zero-order valence-electron chi connectivity index (χ0n) is 6.46. The Morgan fingerprint density at radius 3 is 2.43 bits per heavy atom. The molecule has 0 fully saturated rings. The molecule has 0 radical (unpaired) electrons. The fourth-order valence-corrected chi connectivity index (χ4v) is 0.966. The van der Waals surface area contributed by atoms with Gasteiger partial charge in [-0.05, 0) is 0 Å². The van der Waals surface area contributed by atoms with Gasteiger partial charge in [-0.1, -0.05) is 0 Å². The molecule has 0 spiro atoms. The van der Waals surface area contributed by atoms with E-state index in [1.807, 2.05) is 0 Å². The van der Waals surface area contributed by atoms with Crippen LogP contribution in [0, 0.1) is 0 Å². The molecular formula is C5H4F2N2O4S. The monoisotopic (exact) mass is 226 g/mol. The standard InChI is InChI=1S/C5H4F2N2O4S/c6-5(7,14(11,12)13)4(10)9-2-1-8-3-9/h1-3H,(H,11,12,13). The minimum atomic E-state index is -5.76. The van der Waals surface area contributed by atoms with Crippen LogP contribution in [0.4, 0.5) is 8.78 Å². The molecule has 6 nitrogen and oxygen atoms in total. The normalized spacial score (nSPS) is 12.8. The van der Waals surface area contributed by atoms with Gasteiger partial charge in [0.05, 0.1) is 0 Å². The largest absolute Gasteiger partial charge is 0.447 e. The van der Waals surface area contributed by atoms with Gasteiger partial charge in [-0.3, -0.25) is 13.9 Å². The Bertz CT molecular complexity index is 438. The predicted octanol–water partition coefficient (Wildman–Crippen LogP) is 0.00390. The fraction of sp³-hybridized carbons (Fsp3) is 0.200. The van der Waals surface area contributed by atoms with E-state index in [9.17, 15) is 22.0 Å². The van der Waals surface area contributed by atoms with Crippen molar-refractivity contribution in [2.24, 2.45) is 0 Å². The third kappa shape index (κ3) is 1.63. The zero-order valence-corrected chi connectivity index (χ0v) is 7.28. The summed E-state index contributed by atoms with van der Waals surface area (Å²) in [6.45, 7) is 0. The minimum absolute atomic E-state index is 0.258. The Hall–Kier alpha value is -1.35. The molecule has 0 aliphatic heterocycles. The number of carbonyl (C=O) groups is 1. The van der Waals surface area contributed by atoms with Crippen LogP contribution in [0.15, 0.2) is 18.7 Å². The van der Waals surface area contributed by atoms with E-state index in [0.29, 0.717) is 6.33 Å². The number of hydrogen-bond donors (Lipinski definition) is 1. The highest BCUT2D eigenvalue weighted by Crippen LogP contribution is 2.22. The van der Waals surface area contributed by atoms with Crippen molar-refractivity contribution in [1.82, 2.24) is 9.55 Å². The maximum atomic E-state index is 12.7. The molecule has 0 unspecified atom stereocenters. The molecule has 1 aromatic heterocycles. The summed E-state index contributed by atoms with van der Waals surface area (Å²) in [5.74, 6) is -2.09. The number of halogens is 2. The maximum Gasteiger partial charge on any atom is 0.447 e. The molecule has 0 aromatic carbocycles. The van der Waals surface area contributed by atoms with Crippen LogP contribution < -0.4 is 0 Å². The van der Waals surface area contributed by atoms with Gasteiger partial charge < -0.3 is 0 Å². The molecule has 9 heteroatoms. The molecule has 0 atom stereocenters. The Morgan fingerprint density at radius 1 is 1.50 bits per heavy atom. The maximum absolute atomic E-state index is 12.7. The Morgan fingerprint density at radius 2 is 2.07 bits per heavy atom. The number of nitrogens with zero attached hydrogens (tertiary/aromatic N) is 2. The Labute approximate surface area is 76.9 Å². The highest BCUT2D eigenvalue weighted by Gasteiger charge is 2.53. The predicted molar refractivity (Wildman–Crippen MR) is 39.3 cm³/mol. The first-order chi connectivity index (χ1) is 6.27. The van der Waals surface area contributed by atoms with E-state index in [1.54, 1.807) is 0 Å². The van der Waals surface area contributed by atoms with Crippen molar-refractivity contribution >= 4 is 16.0 Å². The van der Waals surface area contributed by atoms with Crippen LogP contribution in [0.5, 0.6) is 0 Å². The molecule has 0 saturated heterocycles. The van der Waals surface area contributed by atoms with Crippen LogP contribution in [0.1, 0.15) is 4.79 Å². The summed E-state index contributed by atoms with van der Waals surface area (Å²) in [6.07, 6.45) is 2.54. The van der Waals surface area contributed by atoms with Crippen LogP contribution in [0.25, 0.3) is 0 Å². The van der Waals surface area contributed by atoms with Gasteiger partial charge in [0.25, 0.3) is 0 Å². The lowest BCUT2D eigenvalue weighted by molar-refractivity contribution is 0.0396. The quantitative estimate of drug-likeness (QED) is 0.717. The highest BCUT2D eigenvalue weighted by atomic mass is 32.2. The van der Waals surface area contributed by atoms with Gasteiger partial charge >= 0.3 is 21.3 Å². The van der Waals surface area contributed by atoms with Crippen molar-refractivity contribution in [2.45, 2.75) is 5.25 Å². The summed E-state index contributed by atoms with van der Waals surface area (Å²) >= 11 is 0.